The van der Waals surface area contributed by atoms with Crippen molar-refractivity contribution in [3.63, 3.8) is 0 Å². The summed E-state index contributed by atoms with van der Waals surface area (Å²) in [5.74, 6) is 0.807. The number of hydrogen-bond donors (Lipinski definition) is 1. The van der Waals surface area contributed by atoms with Crippen molar-refractivity contribution in [3.8, 4) is 18.1 Å². The largest absolute Gasteiger partial charge is 0.476 e. The number of urea groups is 1. The Balaban J connectivity index is 0.000000242. The molecule has 2 aliphatic rings. The Morgan fingerprint density at radius 2 is 1.82 bits per heavy atom. The molecule has 1 aliphatic heterocycles. The van der Waals surface area contributed by atoms with Crippen LogP contribution in [-0.4, -0.2) is 48.2 Å². The molecule has 1 aromatic heterocycles. The summed E-state index contributed by atoms with van der Waals surface area (Å²) in [4.78, 5) is 38.7. The van der Waals surface area contributed by atoms with Gasteiger partial charge >= 0.3 is 6.03 Å². The van der Waals surface area contributed by atoms with E-state index in [2.05, 4.69) is 42.2 Å². The molecule has 2 aromatic rings. The van der Waals surface area contributed by atoms with Gasteiger partial charge < -0.3 is 10.1 Å². The maximum atomic E-state index is 14.4. The lowest BCUT2D eigenvalue weighted by atomic mass is 9.93. The number of terminal acetylenes is 1. The highest BCUT2D eigenvalue weighted by Crippen LogP contribution is 2.39. The fourth-order valence-electron chi connectivity index (χ4n) is 3.87. The van der Waals surface area contributed by atoms with Crippen molar-refractivity contribution in [1.82, 2.24) is 15.5 Å². The first kappa shape index (κ1) is 30.1. The molecule has 0 fully saturated rings. The number of halogens is 2. The second kappa shape index (κ2) is 12.1. The topological polar surface area (TPSA) is 105 Å². The minimum absolute atomic E-state index is 0.0233. The predicted molar refractivity (Wildman–Crippen MR) is 150 cm³/mol. The van der Waals surface area contributed by atoms with E-state index in [1.54, 1.807) is 21.0 Å². The van der Waals surface area contributed by atoms with E-state index >= 15 is 0 Å². The smallest absolute Gasteiger partial charge is 0.323 e. The Bertz CT molecular complexity index is 1330. The number of imide groups is 1. The summed E-state index contributed by atoms with van der Waals surface area (Å²) >= 11 is 7.41. The molecule has 1 aliphatic carbocycles. The first-order chi connectivity index (χ1) is 18.3. The van der Waals surface area contributed by atoms with Crippen molar-refractivity contribution in [2.45, 2.75) is 64.9 Å². The quantitative estimate of drug-likeness (QED) is 0.395. The lowest BCUT2D eigenvalue weighted by Gasteiger charge is -2.19. The van der Waals surface area contributed by atoms with Gasteiger partial charge in [0.2, 0.25) is 5.13 Å². The minimum Gasteiger partial charge on any atom is -0.476 e. The Morgan fingerprint density at radius 1 is 1.23 bits per heavy atom. The van der Waals surface area contributed by atoms with E-state index in [0.29, 0.717) is 29.1 Å². The van der Waals surface area contributed by atoms with Gasteiger partial charge in [-0.05, 0) is 38.7 Å². The Kier molecular flexibility index (Phi) is 9.35. The molecule has 4 rings (SSSR count). The summed E-state index contributed by atoms with van der Waals surface area (Å²) in [7, 11) is 3.26. The van der Waals surface area contributed by atoms with Crippen LogP contribution in [0.4, 0.5) is 20.0 Å². The number of amides is 4. The summed E-state index contributed by atoms with van der Waals surface area (Å²) in [5.41, 5.74) is 0.780. The molecule has 1 N–H and O–H groups in total. The highest BCUT2D eigenvalue weighted by Gasteiger charge is 2.41. The molecule has 9 nitrogen and oxygen atoms in total. The van der Waals surface area contributed by atoms with E-state index in [4.69, 9.17) is 22.8 Å². The number of carbonyl (C=O) groups is 3. The molecule has 12 heteroatoms. The molecule has 0 bridgehead atoms. The zero-order valence-electron chi connectivity index (χ0n) is 22.7. The van der Waals surface area contributed by atoms with Crippen LogP contribution in [0, 0.1) is 18.2 Å². The van der Waals surface area contributed by atoms with Gasteiger partial charge in [0.15, 0.2) is 6.10 Å². The monoisotopic (exact) mass is 575 g/mol. The Labute approximate surface area is 236 Å². The summed E-state index contributed by atoms with van der Waals surface area (Å²) in [6.07, 6.45) is 7.47. The summed E-state index contributed by atoms with van der Waals surface area (Å²) in [5, 5.41) is 12.2. The summed E-state index contributed by atoms with van der Waals surface area (Å²) < 4.78 is 19.8. The van der Waals surface area contributed by atoms with Gasteiger partial charge in [-0.25, -0.2) is 14.1 Å². The van der Waals surface area contributed by atoms with Crippen LogP contribution in [0.3, 0.4) is 0 Å². The Hall–Kier alpha value is -3.49. The molecule has 1 aromatic carbocycles. The molecule has 208 valence electrons. The van der Waals surface area contributed by atoms with Crippen LogP contribution < -0.4 is 19.9 Å². The fourth-order valence-corrected chi connectivity index (χ4v) is 4.93. The predicted octanol–water partition coefficient (Wildman–Crippen LogP) is 5.23. The first-order valence-corrected chi connectivity index (χ1v) is 13.5. The van der Waals surface area contributed by atoms with Gasteiger partial charge in [0.1, 0.15) is 16.6 Å². The third-order valence-corrected chi connectivity index (χ3v) is 7.75. The van der Waals surface area contributed by atoms with Gasteiger partial charge in [0, 0.05) is 36.7 Å². The average Bonchev–Trinajstić information content (AvgIpc) is 3.49. The van der Waals surface area contributed by atoms with E-state index in [1.165, 1.54) is 22.3 Å². The van der Waals surface area contributed by atoms with Gasteiger partial charge in [-0.2, -0.15) is 0 Å². The van der Waals surface area contributed by atoms with Crippen LogP contribution in [-0.2, 0) is 15.0 Å². The molecule has 2 heterocycles. The molecule has 0 spiro atoms. The number of carbonyl (C=O) groups excluding carboxylic acids is 3. The van der Waals surface area contributed by atoms with Crippen LogP contribution in [0.5, 0.6) is 5.75 Å². The van der Waals surface area contributed by atoms with Crippen molar-refractivity contribution < 1.29 is 23.5 Å². The maximum Gasteiger partial charge on any atom is 0.323 e. The van der Waals surface area contributed by atoms with Gasteiger partial charge in [0.05, 0.1) is 10.7 Å². The highest BCUT2D eigenvalue weighted by molar-refractivity contribution is 7.15. The maximum absolute atomic E-state index is 14.4. The van der Waals surface area contributed by atoms with Gasteiger partial charge in [0.25, 0.3) is 11.8 Å². The van der Waals surface area contributed by atoms with E-state index in [0.717, 1.165) is 28.8 Å². The first-order valence-electron chi connectivity index (χ1n) is 12.3. The number of hydrogen-bond acceptors (Lipinski definition) is 7. The van der Waals surface area contributed by atoms with Crippen molar-refractivity contribution in [3.05, 3.63) is 39.1 Å². The van der Waals surface area contributed by atoms with E-state index in [1.807, 2.05) is 0 Å². The second-order valence-electron chi connectivity index (χ2n) is 10.0. The van der Waals surface area contributed by atoms with E-state index < -0.39 is 23.7 Å². The zero-order valence-corrected chi connectivity index (χ0v) is 24.3. The average molecular weight is 576 g/mol. The second-order valence-corrected chi connectivity index (χ2v) is 11.4. The van der Waals surface area contributed by atoms with Crippen LogP contribution in [0.1, 0.15) is 58.4 Å². The molecule has 0 radical (unpaired) electrons. The summed E-state index contributed by atoms with van der Waals surface area (Å²) in [6, 6.07) is 2.08. The number of benzene rings is 1. The molecule has 1 atom stereocenters. The van der Waals surface area contributed by atoms with E-state index in [-0.39, 0.29) is 27.9 Å². The van der Waals surface area contributed by atoms with Crippen molar-refractivity contribution >= 4 is 51.6 Å². The number of nitrogens with zero attached hydrogens (tertiary/aromatic N) is 4. The van der Waals surface area contributed by atoms with E-state index in [9.17, 15) is 18.8 Å². The highest BCUT2D eigenvalue weighted by atomic mass is 35.5. The number of nitrogens with one attached hydrogen (secondary N) is 1. The molecule has 39 heavy (non-hydrogen) atoms. The van der Waals surface area contributed by atoms with Crippen molar-refractivity contribution in [2.75, 3.05) is 23.9 Å². The molecule has 0 saturated carbocycles. The number of anilines is 2. The normalized spacial score (nSPS) is 15.7. The standard InChI is InChI=1S/C18H15ClFNO3.C9H16N4OS/c1-3-10(2)24-16-9-15(14(20)8-13(16)19)21-17(22)11-6-4-5-7-12(11)18(21)23;1-9(2,3)6-11-12-8(15-6)13(5)7(14)10-4/h1,8-10H,4-7H2,2H3;1-5H3,(H,10,14). The third-order valence-electron chi connectivity index (χ3n) is 6.03. The zero-order chi connectivity index (χ0) is 29.1. The molecule has 0 saturated heterocycles. The fraction of sp³-hybridized carbons (Fsp3) is 0.444. The van der Waals surface area contributed by atoms with Crippen LogP contribution in [0.2, 0.25) is 5.02 Å². The van der Waals surface area contributed by atoms with Crippen molar-refractivity contribution in [1.29, 1.82) is 0 Å². The number of aromatic nitrogens is 2. The van der Waals surface area contributed by atoms with Crippen molar-refractivity contribution in [2.24, 2.45) is 0 Å². The molecule has 1 unspecified atom stereocenters. The lowest BCUT2D eigenvalue weighted by Crippen LogP contribution is -2.34. The number of rotatable bonds is 4. The minimum atomic E-state index is -0.762. The van der Waals surface area contributed by atoms with Crippen LogP contribution in [0.15, 0.2) is 23.3 Å². The lowest BCUT2D eigenvalue weighted by molar-refractivity contribution is -0.120. The van der Waals surface area contributed by atoms with Crippen LogP contribution >= 0.6 is 22.9 Å². The molecular formula is C27H31ClFN5O4S. The number of ether oxygens (including phenoxy) is 1. The van der Waals surface area contributed by atoms with Crippen LogP contribution in [0.25, 0.3) is 0 Å². The molecule has 4 amide bonds. The Morgan fingerprint density at radius 3 is 2.31 bits per heavy atom. The summed E-state index contributed by atoms with van der Waals surface area (Å²) in [6.45, 7) is 7.83. The SMILES string of the molecule is C#CC(C)Oc1cc(N2C(=O)C3=C(CCCC3)C2=O)c(F)cc1Cl.CNC(=O)N(C)c1nnc(C(C)(C)C)s1. The molecular weight excluding hydrogens is 545 g/mol. The van der Waals surface area contributed by atoms with Gasteiger partial charge in [-0.15, -0.1) is 16.6 Å². The van der Waals surface area contributed by atoms with Gasteiger partial charge in [-0.3, -0.25) is 14.5 Å². The van der Waals surface area contributed by atoms with Gasteiger partial charge in [-0.1, -0.05) is 49.6 Å². The third kappa shape index (κ3) is 6.57.